The molecule has 8 heteroatoms. The van der Waals surface area contributed by atoms with Crippen LogP contribution in [0.25, 0.3) is 0 Å². The van der Waals surface area contributed by atoms with E-state index in [1.807, 2.05) is 6.07 Å². The molecule has 0 fully saturated rings. The summed E-state index contributed by atoms with van der Waals surface area (Å²) < 4.78 is 21.9. The summed E-state index contributed by atoms with van der Waals surface area (Å²) in [6.07, 6.45) is -0.976. The van der Waals surface area contributed by atoms with Crippen molar-refractivity contribution in [2.24, 2.45) is 0 Å². The third kappa shape index (κ3) is 4.88. The number of carboxylic acids is 1. The molecule has 0 aromatic heterocycles. The highest BCUT2D eigenvalue weighted by Crippen LogP contribution is 2.49. The molecule has 2 N–H and O–H groups in total. The third-order valence-corrected chi connectivity index (χ3v) is 5.48. The number of ether oxygens (including phenoxy) is 1. The van der Waals surface area contributed by atoms with E-state index in [0.717, 1.165) is 12.7 Å². The number of carbonyl (C=O) groups is 2. The Morgan fingerprint density at radius 2 is 1.95 bits per heavy atom. The highest BCUT2D eigenvalue weighted by molar-refractivity contribution is 7.60. The quantitative estimate of drug-likeness (QED) is 0.748. The van der Waals surface area contributed by atoms with Crippen molar-refractivity contribution in [3.8, 4) is 0 Å². The molecule has 2 atom stereocenters. The van der Waals surface area contributed by atoms with Gasteiger partial charge < -0.3 is 14.4 Å². The second-order valence-electron chi connectivity index (χ2n) is 4.17. The van der Waals surface area contributed by atoms with Crippen LogP contribution in [0.3, 0.4) is 0 Å². The molecule has 0 saturated carbocycles. The molecule has 1 amide bonds. The van der Waals surface area contributed by atoms with Crippen molar-refractivity contribution in [2.45, 2.75) is 19.3 Å². The van der Waals surface area contributed by atoms with Crippen LogP contribution >= 0.6 is 7.37 Å². The van der Waals surface area contributed by atoms with Gasteiger partial charge >= 0.3 is 12.1 Å². The predicted octanol–water partition coefficient (Wildman–Crippen LogP) is 2.27. The summed E-state index contributed by atoms with van der Waals surface area (Å²) >= 11 is 0. The van der Waals surface area contributed by atoms with Gasteiger partial charge in [-0.25, -0.2) is 9.59 Å². The molecule has 116 valence electrons. The zero-order chi connectivity index (χ0) is 15.9. The predicted molar refractivity (Wildman–Crippen MR) is 76.3 cm³/mol. The van der Waals surface area contributed by atoms with Gasteiger partial charge in [0.25, 0.3) is 0 Å². The molecule has 0 saturated heterocycles. The molecule has 0 aliphatic rings. The first kappa shape index (κ1) is 17.2. The van der Waals surface area contributed by atoms with Crippen LogP contribution in [-0.2, 0) is 25.2 Å². The number of hydrogen-bond donors (Lipinski definition) is 2. The summed E-state index contributed by atoms with van der Waals surface area (Å²) in [5.41, 5.74) is 0.755. The van der Waals surface area contributed by atoms with E-state index in [2.05, 4.69) is 5.32 Å². The van der Waals surface area contributed by atoms with Crippen LogP contribution in [0.1, 0.15) is 12.5 Å². The molecule has 0 aliphatic heterocycles. The van der Waals surface area contributed by atoms with Gasteiger partial charge in [-0.1, -0.05) is 37.3 Å². The van der Waals surface area contributed by atoms with Gasteiger partial charge in [-0.3, -0.25) is 9.88 Å². The van der Waals surface area contributed by atoms with Gasteiger partial charge in [0, 0.05) is 13.3 Å². The molecular formula is C13H18NO6P. The number of carbonyl (C=O) groups excluding carboxylic acids is 1. The summed E-state index contributed by atoms with van der Waals surface area (Å²) in [6.45, 7) is 1.51. The number of benzene rings is 1. The highest BCUT2D eigenvalue weighted by atomic mass is 31.2. The van der Waals surface area contributed by atoms with Gasteiger partial charge in [-0.05, 0) is 5.56 Å². The van der Waals surface area contributed by atoms with Crippen LogP contribution in [-0.4, -0.2) is 36.2 Å². The summed E-state index contributed by atoms with van der Waals surface area (Å²) in [7, 11) is -2.36. The number of alkyl carbamates (subject to hydrolysis) is 1. The van der Waals surface area contributed by atoms with E-state index in [1.165, 1.54) is 6.92 Å². The summed E-state index contributed by atoms with van der Waals surface area (Å²) in [5.74, 6) is -3.06. The summed E-state index contributed by atoms with van der Waals surface area (Å²) in [5, 5.41) is 11.2. The first-order chi connectivity index (χ1) is 9.92. The van der Waals surface area contributed by atoms with Crippen molar-refractivity contribution in [3.63, 3.8) is 0 Å². The fourth-order valence-electron chi connectivity index (χ4n) is 1.62. The van der Waals surface area contributed by atoms with Gasteiger partial charge in [0.05, 0.1) is 0 Å². The molecule has 0 bridgehead atoms. The second kappa shape index (κ2) is 7.81. The van der Waals surface area contributed by atoms with E-state index in [0.29, 0.717) is 0 Å². The number of rotatable bonds is 7. The van der Waals surface area contributed by atoms with Crippen molar-refractivity contribution in [2.75, 3.05) is 13.3 Å². The molecule has 21 heavy (non-hydrogen) atoms. The van der Waals surface area contributed by atoms with Crippen molar-refractivity contribution in [1.82, 2.24) is 5.32 Å². The van der Waals surface area contributed by atoms with Crippen molar-refractivity contribution >= 4 is 19.4 Å². The van der Waals surface area contributed by atoms with Crippen molar-refractivity contribution in [1.29, 1.82) is 0 Å². The molecule has 1 aromatic rings. The van der Waals surface area contributed by atoms with Crippen LogP contribution in [0.5, 0.6) is 0 Å². The monoisotopic (exact) mass is 315 g/mol. The lowest BCUT2D eigenvalue weighted by Gasteiger charge is -2.22. The van der Waals surface area contributed by atoms with Gasteiger partial charge in [-0.15, -0.1) is 0 Å². The van der Waals surface area contributed by atoms with E-state index < -0.39 is 25.2 Å². The lowest BCUT2D eigenvalue weighted by atomic mass is 10.2. The Hall–Kier alpha value is -1.85. The van der Waals surface area contributed by atoms with Gasteiger partial charge in [0.2, 0.25) is 13.2 Å². The average Bonchev–Trinajstić information content (AvgIpc) is 2.50. The normalized spacial score (nSPS) is 14.8. The van der Waals surface area contributed by atoms with E-state index >= 15 is 0 Å². The zero-order valence-corrected chi connectivity index (χ0v) is 12.7. The third-order valence-electron chi connectivity index (χ3n) is 2.84. The van der Waals surface area contributed by atoms with Crippen LogP contribution in [0.4, 0.5) is 4.79 Å². The fourth-order valence-corrected chi connectivity index (χ4v) is 3.09. The Bertz CT molecular complexity index is 525. The number of amides is 1. The second-order valence-corrected chi connectivity index (χ2v) is 7.14. The highest BCUT2D eigenvalue weighted by Gasteiger charge is 2.39. The molecule has 7 nitrogen and oxygen atoms in total. The van der Waals surface area contributed by atoms with Gasteiger partial charge in [0.15, 0.2) is 0 Å². The minimum atomic E-state index is -3.51. The van der Waals surface area contributed by atoms with E-state index in [1.54, 1.807) is 24.3 Å². The Labute approximate surface area is 122 Å². The lowest BCUT2D eigenvalue weighted by Crippen LogP contribution is -2.41. The van der Waals surface area contributed by atoms with E-state index in [4.69, 9.17) is 14.4 Å². The maximum absolute atomic E-state index is 12.2. The Balaban J connectivity index is 2.65. The zero-order valence-electron chi connectivity index (χ0n) is 11.8. The fraction of sp³-hybridized carbons (Fsp3) is 0.385. The molecule has 0 spiro atoms. The van der Waals surface area contributed by atoms with Crippen LogP contribution in [0.2, 0.25) is 0 Å². The van der Waals surface area contributed by atoms with Crippen LogP contribution in [0, 0.1) is 0 Å². The average molecular weight is 315 g/mol. The molecule has 1 aromatic carbocycles. The molecule has 2 unspecified atom stereocenters. The molecule has 1 rings (SSSR count). The van der Waals surface area contributed by atoms with Gasteiger partial charge in [0.1, 0.15) is 6.61 Å². The first-order valence-electron chi connectivity index (χ1n) is 6.27. The van der Waals surface area contributed by atoms with Crippen molar-refractivity contribution < 1.29 is 28.5 Å². The number of hydrogen-bond acceptors (Lipinski definition) is 5. The van der Waals surface area contributed by atoms with Gasteiger partial charge in [-0.2, -0.15) is 0 Å². The van der Waals surface area contributed by atoms with E-state index in [9.17, 15) is 14.2 Å². The molecule has 0 aliphatic carbocycles. The minimum absolute atomic E-state index is 0.0115. The Morgan fingerprint density at radius 1 is 1.33 bits per heavy atom. The topological polar surface area (TPSA) is 102 Å². The first-order valence-corrected chi connectivity index (χ1v) is 8.15. The standard InChI is InChI=1S/C13H18NO6P/c1-3-21(18,19-2)11(12(15)16)14-13(17)20-9-10-7-5-4-6-8-10/h4-8,11H,3,9H2,1-2H3,(H,14,17)(H,15,16). The van der Waals surface area contributed by atoms with Crippen molar-refractivity contribution in [3.05, 3.63) is 35.9 Å². The molecular weight excluding hydrogens is 297 g/mol. The Kier molecular flexibility index (Phi) is 6.39. The molecule has 0 radical (unpaired) electrons. The minimum Gasteiger partial charge on any atom is -0.479 e. The number of carboxylic acid groups (broad SMARTS) is 1. The molecule has 0 heterocycles. The largest absolute Gasteiger partial charge is 0.479 e. The van der Waals surface area contributed by atoms with Crippen LogP contribution in [0.15, 0.2) is 30.3 Å². The number of aliphatic carboxylic acids is 1. The summed E-state index contributed by atoms with van der Waals surface area (Å²) in [4.78, 5) is 22.8. The SMILES string of the molecule is CCP(=O)(OC)C(NC(=O)OCc1ccccc1)C(=O)O. The smallest absolute Gasteiger partial charge is 0.408 e. The maximum Gasteiger partial charge on any atom is 0.408 e. The number of nitrogens with one attached hydrogen (secondary N) is 1. The lowest BCUT2D eigenvalue weighted by molar-refractivity contribution is -0.137. The van der Waals surface area contributed by atoms with Crippen LogP contribution < -0.4 is 5.32 Å². The maximum atomic E-state index is 12.2. The van der Waals surface area contributed by atoms with E-state index in [-0.39, 0.29) is 12.8 Å². The Morgan fingerprint density at radius 3 is 2.43 bits per heavy atom. The summed E-state index contributed by atoms with van der Waals surface area (Å²) in [6, 6.07) is 8.90.